The smallest absolute Gasteiger partial charge is 0.255 e. The van der Waals surface area contributed by atoms with Crippen molar-refractivity contribution in [2.75, 3.05) is 7.05 Å². The molecule has 0 aromatic heterocycles. The van der Waals surface area contributed by atoms with Crippen LogP contribution >= 0.6 is 11.6 Å². The maximum atomic E-state index is 11.8. The lowest BCUT2D eigenvalue weighted by Gasteiger charge is -2.16. The lowest BCUT2D eigenvalue weighted by atomic mass is 10.2. The van der Waals surface area contributed by atoms with Crippen molar-refractivity contribution in [3.05, 3.63) is 34.9 Å². The predicted octanol–water partition coefficient (Wildman–Crippen LogP) is 2.20. The minimum Gasteiger partial charge on any atom is -0.315 e. The number of hydrogen-bond acceptors (Lipinski definition) is 5. The summed E-state index contributed by atoms with van der Waals surface area (Å²) in [6, 6.07) is 6.83. The average Bonchev–Trinajstić information content (AvgIpc) is 2.78. The molecule has 1 aliphatic heterocycles. The quantitative estimate of drug-likeness (QED) is 0.865. The van der Waals surface area contributed by atoms with Crippen molar-refractivity contribution < 1.29 is 4.79 Å². The second-order valence-corrected chi connectivity index (χ2v) is 3.66. The zero-order chi connectivity index (χ0) is 13.5. The molecule has 1 aromatic rings. The zero-order valence-corrected chi connectivity index (χ0v) is 11.3. The van der Waals surface area contributed by atoms with Crippen LogP contribution in [0.4, 0.5) is 0 Å². The van der Waals surface area contributed by atoms with Crippen LogP contribution < -0.4 is 10.9 Å². The van der Waals surface area contributed by atoms with Gasteiger partial charge < -0.3 is 5.32 Å². The third-order valence-corrected chi connectivity index (χ3v) is 2.44. The summed E-state index contributed by atoms with van der Waals surface area (Å²) in [5, 5.41) is 12.0. The van der Waals surface area contributed by atoms with Crippen LogP contribution in [0.1, 0.15) is 24.2 Å². The summed E-state index contributed by atoms with van der Waals surface area (Å²) in [7, 11) is 1.72. The van der Waals surface area contributed by atoms with Gasteiger partial charge in [0.2, 0.25) is 6.29 Å². The lowest BCUT2D eigenvalue weighted by molar-refractivity contribution is 0.0872. The number of hydrogen-bond donors (Lipinski definition) is 2. The van der Waals surface area contributed by atoms with Crippen molar-refractivity contribution >= 4 is 17.5 Å². The Hall–Kier alpha value is -1.66. The molecular weight excluding hydrogens is 254 g/mol. The molecule has 0 bridgehead atoms. The predicted molar refractivity (Wildman–Crippen MR) is 69.8 cm³/mol. The average molecular weight is 270 g/mol. The highest BCUT2D eigenvalue weighted by molar-refractivity contribution is 6.33. The molecule has 18 heavy (non-hydrogen) atoms. The van der Waals surface area contributed by atoms with Gasteiger partial charge in [-0.25, -0.2) is 5.53 Å². The Morgan fingerprint density at radius 1 is 1.44 bits per heavy atom. The molecule has 1 heterocycles. The second-order valence-electron chi connectivity index (χ2n) is 3.25. The van der Waals surface area contributed by atoms with E-state index in [1.54, 1.807) is 36.3 Å². The molecule has 98 valence electrons. The Morgan fingerprint density at radius 2 is 2.11 bits per heavy atom. The minimum absolute atomic E-state index is 0.287. The van der Waals surface area contributed by atoms with Gasteiger partial charge in [0, 0.05) is 7.05 Å². The molecule has 1 atom stereocenters. The van der Waals surface area contributed by atoms with Crippen LogP contribution in [0.3, 0.4) is 0 Å². The molecule has 7 heteroatoms. The standard InChI is InChI=1S/C9H10ClN5O.C2H6/c1-15-9(12-13-14-15)11-8(16)6-4-2-3-5-7(6)10;1-2/h2-5,9H,1H3,(H,11,16)(H,12,14);1-2H3. The summed E-state index contributed by atoms with van der Waals surface area (Å²) in [6.45, 7) is 4.00. The number of amides is 1. The number of nitrogens with one attached hydrogen (secondary N) is 2. The van der Waals surface area contributed by atoms with Crippen molar-refractivity contribution in [2.24, 2.45) is 10.3 Å². The van der Waals surface area contributed by atoms with E-state index in [0.717, 1.165) is 0 Å². The molecule has 1 amide bonds. The van der Waals surface area contributed by atoms with Gasteiger partial charge >= 0.3 is 0 Å². The molecule has 2 rings (SSSR count). The van der Waals surface area contributed by atoms with E-state index in [0.29, 0.717) is 10.6 Å². The summed E-state index contributed by atoms with van der Waals surface area (Å²) >= 11 is 5.90. The number of benzene rings is 1. The zero-order valence-electron chi connectivity index (χ0n) is 10.5. The normalized spacial score (nSPS) is 17.7. The fraction of sp³-hybridized carbons (Fsp3) is 0.364. The molecule has 0 saturated carbocycles. The van der Waals surface area contributed by atoms with E-state index in [-0.39, 0.29) is 5.91 Å². The SMILES string of the molecule is CC.CN1NN=NC1NC(=O)c1ccccc1Cl. The van der Waals surface area contributed by atoms with E-state index in [9.17, 15) is 4.79 Å². The molecular formula is C11H16ClN5O. The first-order chi connectivity index (χ1) is 8.68. The first-order valence-electron chi connectivity index (χ1n) is 5.62. The Bertz CT molecular complexity index is 437. The first-order valence-corrected chi connectivity index (χ1v) is 6.00. The van der Waals surface area contributed by atoms with Crippen LogP contribution in [-0.4, -0.2) is 24.3 Å². The number of halogens is 1. The number of nitrogens with zero attached hydrogens (tertiary/aromatic N) is 3. The molecule has 0 saturated heterocycles. The molecule has 0 fully saturated rings. The molecule has 1 aliphatic rings. The maximum Gasteiger partial charge on any atom is 0.255 e. The monoisotopic (exact) mass is 269 g/mol. The first kappa shape index (κ1) is 14.4. The van der Waals surface area contributed by atoms with Gasteiger partial charge in [-0.3, -0.25) is 4.79 Å². The topological polar surface area (TPSA) is 69.1 Å². The molecule has 0 aliphatic carbocycles. The van der Waals surface area contributed by atoms with E-state index in [4.69, 9.17) is 11.6 Å². The highest BCUT2D eigenvalue weighted by Crippen LogP contribution is 2.15. The fourth-order valence-corrected chi connectivity index (χ4v) is 1.47. The van der Waals surface area contributed by atoms with E-state index in [1.165, 1.54) is 0 Å². The van der Waals surface area contributed by atoms with Crippen LogP contribution in [0.25, 0.3) is 0 Å². The van der Waals surface area contributed by atoms with Gasteiger partial charge in [0.05, 0.1) is 10.6 Å². The van der Waals surface area contributed by atoms with Crippen molar-refractivity contribution in [2.45, 2.75) is 20.1 Å². The Morgan fingerprint density at radius 3 is 2.67 bits per heavy atom. The number of hydrazine groups is 1. The van der Waals surface area contributed by atoms with Gasteiger partial charge in [-0.2, -0.15) is 5.01 Å². The van der Waals surface area contributed by atoms with Gasteiger partial charge in [-0.1, -0.05) is 42.8 Å². The van der Waals surface area contributed by atoms with Crippen LogP contribution in [0.2, 0.25) is 5.02 Å². The van der Waals surface area contributed by atoms with Crippen molar-refractivity contribution in [1.82, 2.24) is 15.9 Å². The summed E-state index contributed by atoms with van der Waals surface area (Å²) in [5.41, 5.74) is 3.00. The van der Waals surface area contributed by atoms with Crippen molar-refractivity contribution in [1.29, 1.82) is 0 Å². The maximum absolute atomic E-state index is 11.8. The largest absolute Gasteiger partial charge is 0.315 e. The molecule has 0 spiro atoms. The van der Waals surface area contributed by atoms with E-state index in [1.807, 2.05) is 13.8 Å². The lowest BCUT2D eigenvalue weighted by Crippen LogP contribution is -2.45. The Labute approximate surface area is 111 Å². The molecule has 1 aromatic carbocycles. The van der Waals surface area contributed by atoms with Gasteiger partial charge in [0.25, 0.3) is 5.91 Å². The van der Waals surface area contributed by atoms with E-state index in [2.05, 4.69) is 21.2 Å². The Kier molecular flexibility index (Phi) is 5.54. The molecule has 0 radical (unpaired) electrons. The van der Waals surface area contributed by atoms with Gasteiger partial charge in [-0.15, -0.1) is 5.11 Å². The summed E-state index contributed by atoms with van der Waals surface area (Å²) in [6.07, 6.45) is -0.510. The van der Waals surface area contributed by atoms with Crippen LogP contribution in [0.15, 0.2) is 34.6 Å². The van der Waals surface area contributed by atoms with Gasteiger partial charge in [-0.05, 0) is 12.1 Å². The number of carbonyl (C=O) groups excluding carboxylic acids is 1. The van der Waals surface area contributed by atoms with Crippen LogP contribution in [0.5, 0.6) is 0 Å². The third-order valence-electron chi connectivity index (χ3n) is 2.12. The second kappa shape index (κ2) is 6.93. The van der Waals surface area contributed by atoms with Crippen LogP contribution in [-0.2, 0) is 0 Å². The van der Waals surface area contributed by atoms with Crippen molar-refractivity contribution in [3.63, 3.8) is 0 Å². The number of carbonyl (C=O) groups is 1. The number of rotatable bonds is 2. The summed E-state index contributed by atoms with van der Waals surface area (Å²) in [5.74, 6) is -0.287. The van der Waals surface area contributed by atoms with Gasteiger partial charge in [0.15, 0.2) is 0 Å². The summed E-state index contributed by atoms with van der Waals surface area (Å²) < 4.78 is 0. The highest BCUT2D eigenvalue weighted by atomic mass is 35.5. The fourth-order valence-electron chi connectivity index (χ4n) is 1.25. The molecule has 2 N–H and O–H groups in total. The van der Waals surface area contributed by atoms with E-state index >= 15 is 0 Å². The van der Waals surface area contributed by atoms with E-state index < -0.39 is 6.29 Å². The van der Waals surface area contributed by atoms with Crippen LogP contribution in [0, 0.1) is 0 Å². The highest BCUT2D eigenvalue weighted by Gasteiger charge is 2.21. The minimum atomic E-state index is -0.510. The molecule has 1 unspecified atom stereocenters. The summed E-state index contributed by atoms with van der Waals surface area (Å²) in [4.78, 5) is 11.8. The van der Waals surface area contributed by atoms with Crippen molar-refractivity contribution in [3.8, 4) is 0 Å². The third kappa shape index (κ3) is 3.41. The van der Waals surface area contributed by atoms with Gasteiger partial charge in [0.1, 0.15) is 0 Å². The Balaban J connectivity index is 0.000000771. The molecule has 6 nitrogen and oxygen atoms in total.